The van der Waals surface area contributed by atoms with Gasteiger partial charge in [-0.1, -0.05) is 109 Å². The highest BCUT2D eigenvalue weighted by Gasteiger charge is 2.40. The first-order chi connectivity index (χ1) is 13.0. The fourth-order valence-corrected chi connectivity index (χ4v) is 4.61. The maximum Gasteiger partial charge on any atom is 0.117 e. The molecule has 28 heavy (non-hydrogen) atoms. The molecule has 2 aromatic rings. The maximum absolute atomic E-state index is 12.2. The Balaban J connectivity index is 2.05. The minimum atomic E-state index is -0.909. The molecule has 0 spiro atoms. The van der Waals surface area contributed by atoms with Crippen molar-refractivity contribution in [3.05, 3.63) is 70.8 Å². The van der Waals surface area contributed by atoms with Crippen molar-refractivity contribution in [2.45, 2.75) is 90.1 Å². The number of aliphatic hydroxyl groups is 1. The lowest BCUT2D eigenvalue weighted by Gasteiger charge is -2.40. The summed E-state index contributed by atoms with van der Waals surface area (Å²) in [6.07, 6.45) is 5.91. The molecule has 152 valence electrons. The highest BCUT2D eigenvalue weighted by Crippen LogP contribution is 2.44. The zero-order valence-corrected chi connectivity index (χ0v) is 18.7. The van der Waals surface area contributed by atoms with Crippen LogP contribution in [0, 0.1) is 5.92 Å². The fourth-order valence-electron chi connectivity index (χ4n) is 4.61. The van der Waals surface area contributed by atoms with Gasteiger partial charge in [-0.3, -0.25) is 0 Å². The topological polar surface area (TPSA) is 20.2 Å². The molecular weight excluding hydrogens is 340 g/mol. The fraction of sp³-hybridized carbons (Fsp3) is 0.556. The second-order valence-electron chi connectivity index (χ2n) is 10.8. The van der Waals surface area contributed by atoms with Crippen molar-refractivity contribution in [3.63, 3.8) is 0 Å². The molecule has 0 heterocycles. The zero-order valence-electron chi connectivity index (χ0n) is 18.7. The van der Waals surface area contributed by atoms with Crippen LogP contribution in [0.2, 0.25) is 0 Å². The molecule has 0 atom stereocenters. The molecule has 1 heteroatoms. The summed E-state index contributed by atoms with van der Waals surface area (Å²) in [5, 5.41) is 12.2. The van der Waals surface area contributed by atoms with Crippen molar-refractivity contribution in [3.8, 4) is 0 Å². The zero-order chi connectivity index (χ0) is 20.6. The van der Waals surface area contributed by atoms with Gasteiger partial charge >= 0.3 is 0 Å². The summed E-state index contributed by atoms with van der Waals surface area (Å²) in [6.45, 7) is 13.4. The second kappa shape index (κ2) is 7.67. The van der Waals surface area contributed by atoms with Crippen molar-refractivity contribution in [2.75, 3.05) is 0 Å². The maximum atomic E-state index is 12.2. The number of hydrogen-bond donors (Lipinski definition) is 1. The highest BCUT2D eigenvalue weighted by atomic mass is 16.3. The van der Waals surface area contributed by atoms with Gasteiger partial charge in [0.05, 0.1) is 0 Å². The van der Waals surface area contributed by atoms with E-state index in [0.29, 0.717) is 0 Å². The second-order valence-corrected chi connectivity index (χ2v) is 10.8. The molecule has 1 nitrogen and oxygen atoms in total. The van der Waals surface area contributed by atoms with Gasteiger partial charge in [-0.2, -0.15) is 0 Å². The molecule has 1 saturated carbocycles. The van der Waals surface area contributed by atoms with Crippen LogP contribution in [-0.4, -0.2) is 5.11 Å². The molecular formula is C27H38O. The predicted molar refractivity (Wildman–Crippen MR) is 120 cm³/mol. The van der Waals surface area contributed by atoms with E-state index in [0.717, 1.165) is 24.0 Å². The lowest BCUT2D eigenvalue weighted by atomic mass is 9.69. The third kappa shape index (κ3) is 4.20. The number of benzene rings is 2. The summed E-state index contributed by atoms with van der Waals surface area (Å²) in [5.74, 6) is 0.280. The summed E-state index contributed by atoms with van der Waals surface area (Å²) in [5.41, 5.74) is 4.03. The molecule has 3 rings (SSSR count). The van der Waals surface area contributed by atoms with E-state index >= 15 is 0 Å². The van der Waals surface area contributed by atoms with Crippen LogP contribution in [0.4, 0.5) is 0 Å². The Labute approximate surface area is 172 Å². The Hall–Kier alpha value is -1.60. The Morgan fingerprint density at radius 2 is 0.893 bits per heavy atom. The Morgan fingerprint density at radius 3 is 1.21 bits per heavy atom. The van der Waals surface area contributed by atoms with Crippen LogP contribution in [0.25, 0.3) is 0 Å². The normalized spacial score (nSPS) is 17.0. The van der Waals surface area contributed by atoms with Gasteiger partial charge in [-0.25, -0.2) is 0 Å². The average molecular weight is 379 g/mol. The third-order valence-corrected chi connectivity index (χ3v) is 6.58. The monoisotopic (exact) mass is 378 g/mol. The molecule has 2 aromatic carbocycles. The minimum absolute atomic E-state index is 0.121. The van der Waals surface area contributed by atoms with Gasteiger partial charge < -0.3 is 5.11 Å². The van der Waals surface area contributed by atoms with E-state index in [4.69, 9.17) is 0 Å². The van der Waals surface area contributed by atoms with Gasteiger partial charge in [-0.15, -0.1) is 0 Å². The van der Waals surface area contributed by atoms with E-state index in [2.05, 4.69) is 90.1 Å². The van der Waals surface area contributed by atoms with Crippen LogP contribution in [-0.2, 0) is 16.4 Å². The van der Waals surface area contributed by atoms with Crippen LogP contribution in [0.15, 0.2) is 48.5 Å². The molecule has 0 saturated heterocycles. The molecule has 0 bridgehead atoms. The van der Waals surface area contributed by atoms with E-state index in [-0.39, 0.29) is 16.7 Å². The van der Waals surface area contributed by atoms with Crippen LogP contribution in [0.3, 0.4) is 0 Å². The van der Waals surface area contributed by atoms with Crippen molar-refractivity contribution in [1.29, 1.82) is 0 Å². The van der Waals surface area contributed by atoms with E-state index < -0.39 is 5.60 Å². The predicted octanol–water partition coefficient (Wildman–Crippen LogP) is 7.10. The molecule has 1 N–H and O–H groups in total. The van der Waals surface area contributed by atoms with Gasteiger partial charge in [0, 0.05) is 0 Å². The van der Waals surface area contributed by atoms with E-state index in [1.807, 2.05) is 0 Å². The quantitative estimate of drug-likeness (QED) is 0.604. The van der Waals surface area contributed by atoms with Crippen LogP contribution in [0.1, 0.15) is 95.9 Å². The largest absolute Gasteiger partial charge is 0.380 e. The van der Waals surface area contributed by atoms with Crippen molar-refractivity contribution in [1.82, 2.24) is 0 Å². The summed E-state index contributed by atoms with van der Waals surface area (Å²) < 4.78 is 0. The van der Waals surface area contributed by atoms with E-state index in [9.17, 15) is 5.11 Å². The van der Waals surface area contributed by atoms with E-state index in [1.54, 1.807) is 0 Å². The molecule has 0 unspecified atom stereocenters. The Bertz CT molecular complexity index is 705. The summed E-state index contributed by atoms with van der Waals surface area (Å²) in [4.78, 5) is 0. The van der Waals surface area contributed by atoms with Gasteiger partial charge in [-0.05, 0) is 51.8 Å². The molecule has 0 amide bonds. The van der Waals surface area contributed by atoms with Gasteiger partial charge in [0.1, 0.15) is 5.60 Å². The summed E-state index contributed by atoms with van der Waals surface area (Å²) >= 11 is 0. The van der Waals surface area contributed by atoms with E-state index in [1.165, 1.54) is 30.4 Å². The first-order valence-electron chi connectivity index (χ1n) is 11.0. The SMILES string of the molecule is CC(C)(C)c1ccc(C(O)(c2ccc(C(C)(C)C)cc2)C2CCCCC2)cc1. The standard InChI is InChI=1S/C27H38O/c1-25(2,3)20-12-16-23(17-13-20)27(28,22-10-8-7-9-11-22)24-18-14-21(15-19-24)26(4,5)6/h12-19,22,28H,7-11H2,1-6H3. The third-order valence-electron chi connectivity index (χ3n) is 6.58. The molecule has 1 aliphatic rings. The van der Waals surface area contributed by atoms with Crippen LogP contribution < -0.4 is 0 Å². The molecule has 1 aliphatic carbocycles. The van der Waals surface area contributed by atoms with Crippen LogP contribution >= 0.6 is 0 Å². The summed E-state index contributed by atoms with van der Waals surface area (Å²) in [6, 6.07) is 17.4. The van der Waals surface area contributed by atoms with Crippen molar-refractivity contribution >= 4 is 0 Å². The molecule has 0 radical (unpaired) electrons. The molecule has 0 aliphatic heterocycles. The first kappa shape index (κ1) is 21.1. The van der Waals surface area contributed by atoms with Crippen molar-refractivity contribution in [2.24, 2.45) is 5.92 Å². The number of rotatable bonds is 3. The van der Waals surface area contributed by atoms with Crippen LogP contribution in [0.5, 0.6) is 0 Å². The van der Waals surface area contributed by atoms with Crippen molar-refractivity contribution < 1.29 is 5.11 Å². The molecule has 0 aromatic heterocycles. The lowest BCUT2D eigenvalue weighted by Crippen LogP contribution is -2.38. The average Bonchev–Trinajstić information content (AvgIpc) is 2.67. The highest BCUT2D eigenvalue weighted by molar-refractivity contribution is 5.41. The minimum Gasteiger partial charge on any atom is -0.380 e. The smallest absolute Gasteiger partial charge is 0.117 e. The Morgan fingerprint density at radius 1 is 0.571 bits per heavy atom. The summed E-state index contributed by atoms with van der Waals surface area (Å²) in [7, 11) is 0. The number of hydrogen-bond acceptors (Lipinski definition) is 1. The Kier molecular flexibility index (Phi) is 5.79. The van der Waals surface area contributed by atoms with Gasteiger partial charge in [0.15, 0.2) is 0 Å². The molecule has 1 fully saturated rings. The van der Waals surface area contributed by atoms with Gasteiger partial charge in [0.25, 0.3) is 0 Å². The lowest BCUT2D eigenvalue weighted by molar-refractivity contribution is -0.000766. The first-order valence-corrected chi connectivity index (χ1v) is 11.0. The van der Waals surface area contributed by atoms with Gasteiger partial charge in [0.2, 0.25) is 0 Å².